The van der Waals surface area contributed by atoms with Crippen molar-refractivity contribution in [2.75, 3.05) is 7.05 Å². The van der Waals surface area contributed by atoms with Crippen LogP contribution in [0.4, 0.5) is 0 Å². The van der Waals surface area contributed by atoms with Crippen molar-refractivity contribution in [1.29, 1.82) is 0 Å². The van der Waals surface area contributed by atoms with Gasteiger partial charge >= 0.3 is 0 Å². The molecule has 3 nitrogen and oxygen atoms in total. The molecule has 2 aromatic rings. The van der Waals surface area contributed by atoms with Gasteiger partial charge in [0.2, 0.25) is 0 Å². The molecule has 1 aromatic heterocycles. The molecule has 1 aromatic carbocycles. The van der Waals surface area contributed by atoms with Crippen molar-refractivity contribution in [3.63, 3.8) is 0 Å². The van der Waals surface area contributed by atoms with Gasteiger partial charge < -0.3 is 0 Å². The van der Waals surface area contributed by atoms with E-state index >= 15 is 0 Å². The highest BCUT2D eigenvalue weighted by Gasteiger charge is 2.07. The zero-order chi connectivity index (χ0) is 13.1. The maximum Gasteiger partial charge on any atom is 0.0638 e. The van der Waals surface area contributed by atoms with Crippen LogP contribution in [0, 0.1) is 6.92 Å². The van der Waals surface area contributed by atoms with Gasteiger partial charge in [0.15, 0.2) is 0 Å². The minimum Gasteiger partial charge on any atom is -0.298 e. The maximum atomic E-state index is 4.37. The predicted molar refractivity (Wildman–Crippen MR) is 77.3 cm³/mol. The van der Waals surface area contributed by atoms with Gasteiger partial charge in [-0.15, -0.1) is 0 Å². The molecule has 0 fully saturated rings. The second-order valence-corrected chi connectivity index (χ2v) is 5.63. The lowest BCUT2D eigenvalue weighted by molar-refractivity contribution is 0.318. The van der Waals surface area contributed by atoms with Crippen LogP contribution in [0.25, 0.3) is 0 Å². The van der Waals surface area contributed by atoms with E-state index in [4.69, 9.17) is 0 Å². The molecule has 0 N–H and O–H groups in total. The van der Waals surface area contributed by atoms with Gasteiger partial charge in [-0.1, -0.05) is 28.1 Å². The first-order chi connectivity index (χ1) is 8.54. The zero-order valence-electron chi connectivity index (χ0n) is 11.0. The highest BCUT2D eigenvalue weighted by Crippen LogP contribution is 2.14. The zero-order valence-corrected chi connectivity index (χ0v) is 12.6. The molecule has 0 saturated carbocycles. The average Bonchev–Trinajstić information content (AvgIpc) is 2.57. The number of aryl methyl sites for hydroxylation is 2. The Morgan fingerprint density at radius 2 is 2.11 bits per heavy atom. The predicted octanol–water partition coefficient (Wildman–Crippen LogP) is 3.12. The molecular formula is C14H18BrN3. The van der Waals surface area contributed by atoms with E-state index in [9.17, 15) is 0 Å². The standard InChI is InChI=1S/C14H18BrN3/c1-11-13(10-18(3)16-11)9-17(2)8-12-5-4-6-14(15)7-12/h4-7,10H,8-9H2,1-3H3. The fourth-order valence-corrected chi connectivity index (χ4v) is 2.54. The fourth-order valence-electron chi connectivity index (χ4n) is 2.10. The third kappa shape index (κ3) is 3.43. The first kappa shape index (κ1) is 13.3. The normalized spacial score (nSPS) is 11.2. The summed E-state index contributed by atoms with van der Waals surface area (Å²) < 4.78 is 3.00. The summed E-state index contributed by atoms with van der Waals surface area (Å²) in [7, 11) is 4.10. The molecule has 0 unspecified atom stereocenters. The molecule has 18 heavy (non-hydrogen) atoms. The van der Waals surface area contributed by atoms with Crippen molar-refractivity contribution in [2.45, 2.75) is 20.0 Å². The number of halogens is 1. The molecule has 0 aliphatic carbocycles. The largest absolute Gasteiger partial charge is 0.298 e. The Hall–Kier alpha value is -1.13. The summed E-state index contributed by atoms with van der Waals surface area (Å²) in [5.74, 6) is 0. The molecule has 0 amide bonds. The molecule has 0 saturated heterocycles. The maximum absolute atomic E-state index is 4.37. The molecule has 1 heterocycles. The van der Waals surface area contributed by atoms with Crippen molar-refractivity contribution < 1.29 is 0 Å². The van der Waals surface area contributed by atoms with E-state index in [2.05, 4.69) is 70.4 Å². The van der Waals surface area contributed by atoms with Gasteiger partial charge in [0.1, 0.15) is 0 Å². The van der Waals surface area contributed by atoms with Crippen molar-refractivity contribution in [3.8, 4) is 0 Å². The summed E-state index contributed by atoms with van der Waals surface area (Å²) in [6.07, 6.45) is 2.09. The van der Waals surface area contributed by atoms with Gasteiger partial charge in [-0.05, 0) is 31.7 Å². The van der Waals surface area contributed by atoms with Crippen molar-refractivity contribution in [3.05, 3.63) is 51.8 Å². The van der Waals surface area contributed by atoms with Gasteiger partial charge in [-0.2, -0.15) is 5.10 Å². The van der Waals surface area contributed by atoms with E-state index in [-0.39, 0.29) is 0 Å². The Balaban J connectivity index is 2.00. The smallest absolute Gasteiger partial charge is 0.0638 e. The molecule has 4 heteroatoms. The topological polar surface area (TPSA) is 21.1 Å². The third-order valence-electron chi connectivity index (χ3n) is 2.90. The molecule has 0 radical (unpaired) electrons. The van der Waals surface area contributed by atoms with Crippen LogP contribution in [0.2, 0.25) is 0 Å². The minimum atomic E-state index is 0.923. The molecule has 0 atom stereocenters. The lowest BCUT2D eigenvalue weighted by Crippen LogP contribution is -2.17. The average molecular weight is 308 g/mol. The number of benzene rings is 1. The van der Waals surface area contributed by atoms with Crippen LogP contribution in [0.3, 0.4) is 0 Å². The highest BCUT2D eigenvalue weighted by atomic mass is 79.9. The molecule has 96 valence electrons. The second kappa shape index (κ2) is 5.67. The van der Waals surface area contributed by atoms with E-state index in [1.165, 1.54) is 11.1 Å². The van der Waals surface area contributed by atoms with Gasteiger partial charge in [0, 0.05) is 36.4 Å². The summed E-state index contributed by atoms with van der Waals surface area (Å²) in [5.41, 5.74) is 3.71. The van der Waals surface area contributed by atoms with Crippen LogP contribution in [0.15, 0.2) is 34.9 Å². The number of nitrogens with zero attached hydrogens (tertiary/aromatic N) is 3. The summed E-state index contributed by atoms with van der Waals surface area (Å²) in [4.78, 5) is 2.30. The Bertz CT molecular complexity index is 534. The second-order valence-electron chi connectivity index (χ2n) is 4.72. The molecule has 0 spiro atoms. The highest BCUT2D eigenvalue weighted by molar-refractivity contribution is 9.10. The summed E-state index contributed by atoms with van der Waals surface area (Å²) >= 11 is 3.50. The number of aromatic nitrogens is 2. The fraction of sp³-hybridized carbons (Fsp3) is 0.357. The molecule has 0 bridgehead atoms. The van der Waals surface area contributed by atoms with Gasteiger partial charge in [-0.3, -0.25) is 9.58 Å². The van der Waals surface area contributed by atoms with E-state index < -0.39 is 0 Å². The first-order valence-corrected chi connectivity index (χ1v) is 6.76. The molecule has 2 rings (SSSR count). The van der Waals surface area contributed by atoms with Crippen LogP contribution in [0.5, 0.6) is 0 Å². The van der Waals surface area contributed by atoms with E-state index in [0.29, 0.717) is 0 Å². The number of hydrogen-bond donors (Lipinski definition) is 0. The Labute approximate surface area is 117 Å². The number of rotatable bonds is 4. The molecular weight excluding hydrogens is 290 g/mol. The quantitative estimate of drug-likeness (QED) is 0.865. The van der Waals surface area contributed by atoms with E-state index in [1.807, 2.05) is 11.7 Å². The number of hydrogen-bond acceptors (Lipinski definition) is 2. The Morgan fingerprint density at radius 3 is 2.72 bits per heavy atom. The van der Waals surface area contributed by atoms with Gasteiger partial charge in [-0.25, -0.2) is 0 Å². The van der Waals surface area contributed by atoms with Crippen LogP contribution in [0.1, 0.15) is 16.8 Å². The summed E-state index contributed by atoms with van der Waals surface area (Å²) in [6.45, 7) is 3.92. The van der Waals surface area contributed by atoms with Crippen LogP contribution >= 0.6 is 15.9 Å². The Morgan fingerprint density at radius 1 is 1.33 bits per heavy atom. The van der Waals surface area contributed by atoms with Crippen molar-refractivity contribution >= 4 is 15.9 Å². The van der Waals surface area contributed by atoms with Crippen molar-refractivity contribution in [2.24, 2.45) is 7.05 Å². The summed E-state index contributed by atoms with van der Waals surface area (Å²) in [5, 5.41) is 4.37. The third-order valence-corrected chi connectivity index (χ3v) is 3.39. The first-order valence-electron chi connectivity index (χ1n) is 5.96. The minimum absolute atomic E-state index is 0.923. The van der Waals surface area contributed by atoms with E-state index in [0.717, 1.165) is 23.3 Å². The van der Waals surface area contributed by atoms with Gasteiger partial charge in [0.25, 0.3) is 0 Å². The van der Waals surface area contributed by atoms with E-state index in [1.54, 1.807) is 0 Å². The van der Waals surface area contributed by atoms with Crippen molar-refractivity contribution in [1.82, 2.24) is 14.7 Å². The Kier molecular flexibility index (Phi) is 4.19. The van der Waals surface area contributed by atoms with Crippen LogP contribution in [-0.2, 0) is 20.1 Å². The van der Waals surface area contributed by atoms with Crippen LogP contribution in [-0.4, -0.2) is 21.7 Å². The lowest BCUT2D eigenvalue weighted by Gasteiger charge is -2.16. The molecule has 0 aliphatic rings. The van der Waals surface area contributed by atoms with Gasteiger partial charge in [0.05, 0.1) is 5.69 Å². The van der Waals surface area contributed by atoms with Crippen LogP contribution < -0.4 is 0 Å². The monoisotopic (exact) mass is 307 g/mol. The SMILES string of the molecule is Cc1nn(C)cc1CN(C)Cc1cccc(Br)c1. The summed E-state index contributed by atoms with van der Waals surface area (Å²) in [6, 6.07) is 8.43. The molecule has 0 aliphatic heterocycles. The lowest BCUT2D eigenvalue weighted by atomic mass is 10.2.